The monoisotopic (exact) mass is 237 g/mol. The summed E-state index contributed by atoms with van der Waals surface area (Å²) in [6, 6.07) is 9.97. The number of ether oxygens (including phenoxy) is 1. The molecular weight excluding hydrogens is 222 g/mol. The Labute approximate surface area is 107 Å². The van der Waals surface area contributed by atoms with E-state index in [1.807, 2.05) is 24.3 Å². The van der Waals surface area contributed by atoms with Gasteiger partial charge in [-0.05, 0) is 17.7 Å². The summed E-state index contributed by atoms with van der Waals surface area (Å²) in [6.45, 7) is 4.24. The van der Waals surface area contributed by atoms with Crippen molar-refractivity contribution in [2.45, 2.75) is 12.0 Å². The van der Waals surface area contributed by atoms with Gasteiger partial charge in [0.05, 0.1) is 17.7 Å². The molecule has 0 saturated heterocycles. The third-order valence-corrected chi connectivity index (χ3v) is 4.16. The second-order valence-electron chi connectivity index (χ2n) is 4.97. The molecule has 1 saturated carbocycles. The maximum Gasteiger partial charge on any atom is 0.0991 e. The predicted molar refractivity (Wildman–Crippen MR) is 70.0 cm³/mol. The molecule has 1 fully saturated rings. The maximum atomic E-state index is 8.83. The van der Waals surface area contributed by atoms with Crippen LogP contribution in [0, 0.1) is 23.2 Å². The first-order chi connectivity index (χ1) is 8.76. The number of nitriles is 1. The van der Waals surface area contributed by atoms with Gasteiger partial charge >= 0.3 is 0 Å². The molecule has 18 heavy (non-hydrogen) atoms. The molecule has 3 rings (SSSR count). The quantitative estimate of drug-likeness (QED) is 0.741. The lowest BCUT2D eigenvalue weighted by molar-refractivity contribution is 0.0740. The zero-order valence-electron chi connectivity index (χ0n) is 10.3. The van der Waals surface area contributed by atoms with Gasteiger partial charge in [0.1, 0.15) is 0 Å². The Morgan fingerprint density at radius 3 is 2.50 bits per heavy atom. The molecule has 0 unspecified atom stereocenters. The van der Waals surface area contributed by atoms with Crippen LogP contribution in [0.5, 0.6) is 0 Å². The molecule has 1 aromatic rings. The fraction of sp³-hybridized carbons (Fsp3) is 0.312. The summed E-state index contributed by atoms with van der Waals surface area (Å²) in [6.07, 6.45) is 4.69. The van der Waals surface area contributed by atoms with E-state index in [0.29, 0.717) is 23.3 Å². The first-order valence-electron chi connectivity index (χ1n) is 6.16. The number of rotatable bonds is 2. The fourth-order valence-electron chi connectivity index (χ4n) is 3.30. The van der Waals surface area contributed by atoms with E-state index < -0.39 is 0 Å². The van der Waals surface area contributed by atoms with E-state index in [9.17, 15) is 0 Å². The van der Waals surface area contributed by atoms with Gasteiger partial charge in [-0.15, -0.1) is 0 Å². The van der Waals surface area contributed by atoms with E-state index in [0.717, 1.165) is 0 Å². The highest BCUT2D eigenvalue weighted by molar-refractivity contribution is 5.44. The van der Waals surface area contributed by atoms with Gasteiger partial charge < -0.3 is 4.74 Å². The Bertz CT molecular complexity index is 549. The van der Waals surface area contributed by atoms with E-state index in [1.54, 1.807) is 7.11 Å². The molecule has 0 amide bonds. The minimum absolute atomic E-state index is 0.234. The van der Waals surface area contributed by atoms with Crippen LogP contribution < -0.4 is 0 Å². The largest absolute Gasteiger partial charge is 0.380 e. The van der Waals surface area contributed by atoms with Crippen molar-refractivity contribution in [3.63, 3.8) is 0 Å². The molecule has 0 aromatic heterocycles. The summed E-state index contributed by atoms with van der Waals surface area (Å²) in [5, 5.41) is 8.83. The maximum absolute atomic E-state index is 8.83. The Hall–Kier alpha value is -1.85. The van der Waals surface area contributed by atoms with E-state index in [4.69, 9.17) is 10.00 Å². The second kappa shape index (κ2) is 4.12. The zero-order valence-corrected chi connectivity index (χ0v) is 10.3. The molecule has 0 radical (unpaired) electrons. The fourth-order valence-corrected chi connectivity index (χ4v) is 3.30. The van der Waals surface area contributed by atoms with Gasteiger partial charge in [-0.2, -0.15) is 5.26 Å². The average Bonchev–Trinajstić information content (AvgIpc) is 2.93. The van der Waals surface area contributed by atoms with Crippen molar-refractivity contribution < 1.29 is 4.74 Å². The number of nitrogens with zero attached hydrogens (tertiary/aromatic N) is 1. The second-order valence-corrected chi connectivity index (χ2v) is 4.97. The predicted octanol–water partition coefficient (Wildman–Crippen LogP) is 3.03. The van der Waals surface area contributed by atoms with Crippen molar-refractivity contribution in [2.75, 3.05) is 7.11 Å². The smallest absolute Gasteiger partial charge is 0.0991 e. The Kier molecular flexibility index (Phi) is 2.57. The van der Waals surface area contributed by atoms with Gasteiger partial charge in [0.25, 0.3) is 0 Å². The molecule has 4 atom stereocenters. The number of benzene rings is 1. The van der Waals surface area contributed by atoms with Gasteiger partial charge in [-0.1, -0.05) is 36.4 Å². The molecule has 1 aromatic carbocycles. The van der Waals surface area contributed by atoms with Crippen molar-refractivity contribution in [2.24, 2.45) is 11.8 Å². The summed E-state index contributed by atoms with van der Waals surface area (Å²) in [7, 11) is 1.77. The van der Waals surface area contributed by atoms with Crippen molar-refractivity contribution in [1.29, 1.82) is 5.26 Å². The molecule has 0 N–H and O–H groups in total. The van der Waals surface area contributed by atoms with Crippen LogP contribution in [0.15, 0.2) is 48.6 Å². The first-order valence-corrected chi connectivity index (χ1v) is 6.16. The molecule has 0 aliphatic heterocycles. The van der Waals surface area contributed by atoms with E-state index in [2.05, 4.69) is 24.8 Å². The summed E-state index contributed by atoms with van der Waals surface area (Å²) in [5.41, 5.74) is 3.17. The molecule has 2 aliphatic carbocycles. The van der Waals surface area contributed by atoms with Crippen molar-refractivity contribution in [3.8, 4) is 6.07 Å². The van der Waals surface area contributed by atoms with Gasteiger partial charge in [0.15, 0.2) is 0 Å². The zero-order chi connectivity index (χ0) is 12.7. The summed E-state index contributed by atoms with van der Waals surface area (Å²) >= 11 is 0. The van der Waals surface area contributed by atoms with Gasteiger partial charge in [0.2, 0.25) is 0 Å². The van der Waals surface area contributed by atoms with Crippen LogP contribution in [0.4, 0.5) is 0 Å². The standard InChI is InChI=1S/C16H15NO/c1-10-13-7-8-14(16(13)18-2)15(10)12-5-3-11(9-17)4-6-12/h3-8,13-16H,1H2,2H3/t13-,14+,15-,16+/m1/s1. The lowest BCUT2D eigenvalue weighted by Gasteiger charge is -2.21. The summed E-state index contributed by atoms with van der Waals surface area (Å²) < 4.78 is 5.59. The minimum Gasteiger partial charge on any atom is -0.380 e. The highest BCUT2D eigenvalue weighted by Gasteiger charge is 2.48. The minimum atomic E-state index is 0.234. The summed E-state index contributed by atoms with van der Waals surface area (Å²) in [4.78, 5) is 0. The molecule has 0 spiro atoms. The lowest BCUT2D eigenvalue weighted by atomic mass is 9.83. The number of hydrogen-bond acceptors (Lipinski definition) is 2. The van der Waals surface area contributed by atoms with Crippen LogP contribution >= 0.6 is 0 Å². The van der Waals surface area contributed by atoms with Gasteiger partial charge in [0, 0.05) is 24.9 Å². The molecule has 90 valence electrons. The first kappa shape index (κ1) is 11.3. The number of methoxy groups -OCH3 is 1. The third kappa shape index (κ3) is 1.45. The van der Waals surface area contributed by atoms with Crippen LogP contribution in [0.3, 0.4) is 0 Å². The highest BCUT2D eigenvalue weighted by Crippen LogP contribution is 2.52. The Morgan fingerprint density at radius 1 is 1.22 bits per heavy atom. The van der Waals surface area contributed by atoms with Crippen molar-refractivity contribution in [1.82, 2.24) is 0 Å². The lowest BCUT2D eigenvalue weighted by Crippen LogP contribution is -2.18. The molecule has 2 bridgehead atoms. The van der Waals surface area contributed by atoms with E-state index in [-0.39, 0.29) is 6.10 Å². The summed E-state index contributed by atoms with van der Waals surface area (Å²) in [5.74, 6) is 1.07. The number of hydrogen-bond donors (Lipinski definition) is 0. The SMILES string of the molecule is C=C1[C@H]2C=C[C@H]([C@H]2OC)[C@H]1c1ccc(C#N)cc1. The van der Waals surface area contributed by atoms with Gasteiger partial charge in [-0.25, -0.2) is 0 Å². The molecular formula is C16H15NO. The molecule has 2 nitrogen and oxygen atoms in total. The Balaban J connectivity index is 1.96. The van der Waals surface area contributed by atoms with Crippen LogP contribution in [0.2, 0.25) is 0 Å². The van der Waals surface area contributed by atoms with E-state index >= 15 is 0 Å². The molecule has 2 heteroatoms. The third-order valence-electron chi connectivity index (χ3n) is 4.16. The van der Waals surface area contributed by atoms with Gasteiger partial charge in [-0.3, -0.25) is 0 Å². The average molecular weight is 237 g/mol. The Morgan fingerprint density at radius 2 is 1.94 bits per heavy atom. The van der Waals surface area contributed by atoms with Crippen LogP contribution in [0.25, 0.3) is 0 Å². The van der Waals surface area contributed by atoms with Crippen molar-refractivity contribution in [3.05, 3.63) is 59.7 Å². The van der Waals surface area contributed by atoms with Crippen LogP contribution in [-0.4, -0.2) is 13.2 Å². The highest BCUT2D eigenvalue weighted by atomic mass is 16.5. The van der Waals surface area contributed by atoms with Crippen LogP contribution in [0.1, 0.15) is 17.0 Å². The topological polar surface area (TPSA) is 33.0 Å². The van der Waals surface area contributed by atoms with E-state index in [1.165, 1.54) is 11.1 Å². The molecule has 0 heterocycles. The van der Waals surface area contributed by atoms with Crippen molar-refractivity contribution >= 4 is 0 Å². The number of fused-ring (bicyclic) bond motifs is 2. The normalized spacial score (nSPS) is 32.8. The molecule has 2 aliphatic rings. The van der Waals surface area contributed by atoms with Crippen LogP contribution in [-0.2, 0) is 4.74 Å².